The highest BCUT2D eigenvalue weighted by molar-refractivity contribution is 5.84. The smallest absolute Gasteiger partial charge is 0.394 e. The van der Waals surface area contributed by atoms with Crippen LogP contribution < -0.4 is 11.2 Å². The van der Waals surface area contributed by atoms with Gasteiger partial charge in [0.1, 0.15) is 12.3 Å². The van der Waals surface area contributed by atoms with E-state index in [1.54, 1.807) is 13.8 Å². The van der Waals surface area contributed by atoms with Crippen LogP contribution in [-0.2, 0) is 20.9 Å². The molecule has 1 aromatic carbocycles. The van der Waals surface area contributed by atoms with Crippen LogP contribution in [0.15, 0.2) is 34.0 Å². The van der Waals surface area contributed by atoms with Crippen molar-refractivity contribution < 1.29 is 42.6 Å². The number of halogens is 3. The molecule has 1 saturated heterocycles. The second-order valence-electron chi connectivity index (χ2n) is 9.66. The minimum atomic E-state index is -4.95. The van der Waals surface area contributed by atoms with E-state index >= 15 is 0 Å². The fraction of sp³-hybridized carbons (Fsp3) is 0.500. The Kier molecular flexibility index (Phi) is 10.2. The lowest BCUT2D eigenvalue weighted by Gasteiger charge is -2.22. The number of hydrogen-bond donors (Lipinski definition) is 3. The molecule has 0 saturated carbocycles. The molecule has 0 amide bonds. The number of aromatic nitrogens is 2. The molecule has 3 N–H and O–H groups in total. The second-order valence-corrected chi connectivity index (χ2v) is 9.66. The van der Waals surface area contributed by atoms with E-state index in [-0.39, 0.29) is 47.7 Å². The zero-order valence-electron chi connectivity index (χ0n) is 22.0. The Balaban J connectivity index is 1.82. The summed E-state index contributed by atoms with van der Waals surface area (Å²) in [5.74, 6) is 2.68. The number of aliphatic hydroxyl groups is 2. The van der Waals surface area contributed by atoms with Crippen molar-refractivity contribution in [1.82, 2.24) is 9.55 Å². The van der Waals surface area contributed by atoms with Crippen LogP contribution in [0.3, 0.4) is 0 Å². The first-order chi connectivity index (χ1) is 19.2. The number of nitrogens with zero attached hydrogens (tertiary/aromatic N) is 2. The van der Waals surface area contributed by atoms with Crippen molar-refractivity contribution in [2.75, 3.05) is 6.61 Å². The quantitative estimate of drug-likeness (QED) is 0.215. The molecular formula is C26H28F3N3O9. The molecule has 4 atom stereocenters. The minimum absolute atomic E-state index is 0.000618. The average molecular weight is 584 g/mol. The number of hydrogen-bond acceptors (Lipinski definition) is 9. The largest absolute Gasteiger partial charge is 0.450 e. The Morgan fingerprint density at radius 2 is 2.05 bits per heavy atom. The van der Waals surface area contributed by atoms with Gasteiger partial charge in [0.15, 0.2) is 0 Å². The van der Waals surface area contributed by atoms with Gasteiger partial charge >= 0.3 is 11.9 Å². The van der Waals surface area contributed by atoms with Crippen molar-refractivity contribution >= 4 is 11.5 Å². The predicted octanol–water partition coefficient (Wildman–Crippen LogP) is 2.26. The van der Waals surface area contributed by atoms with Gasteiger partial charge in [-0.15, -0.1) is 0 Å². The monoisotopic (exact) mass is 583 g/mol. The van der Waals surface area contributed by atoms with E-state index in [0.717, 1.165) is 10.6 Å². The summed E-state index contributed by atoms with van der Waals surface area (Å²) >= 11 is 0. The topological polar surface area (TPSA) is 174 Å². The number of ether oxygens (including phenoxy) is 2. The number of rotatable bonds is 10. The summed E-state index contributed by atoms with van der Waals surface area (Å²) in [4.78, 5) is 49.1. The molecule has 1 aliphatic rings. The van der Waals surface area contributed by atoms with E-state index < -0.39 is 65.7 Å². The van der Waals surface area contributed by atoms with Crippen LogP contribution in [0.4, 0.5) is 18.9 Å². The van der Waals surface area contributed by atoms with E-state index in [1.165, 1.54) is 18.3 Å². The Bertz CT molecular complexity index is 1460. The number of nitro groups is 1. The van der Waals surface area contributed by atoms with Crippen LogP contribution in [0.1, 0.15) is 62.1 Å². The Morgan fingerprint density at radius 1 is 1.34 bits per heavy atom. The predicted molar refractivity (Wildman–Crippen MR) is 136 cm³/mol. The molecule has 1 fully saturated rings. The molecule has 0 aliphatic carbocycles. The fourth-order valence-electron chi connectivity index (χ4n) is 4.22. The minimum Gasteiger partial charge on any atom is -0.394 e. The van der Waals surface area contributed by atoms with Gasteiger partial charge < -0.3 is 19.7 Å². The number of alkyl halides is 3. The molecular weight excluding hydrogens is 555 g/mol. The number of aromatic amines is 1. The molecule has 12 nitrogen and oxygen atoms in total. The standard InChI is InChI=1S/C26H28F3N3O9/c1-14(2)23(17-8-7-15(9-18(17)32(38)39)5-3-4-6-21(35)26(27,28)29)40-13-16-11-31(25(37)30-24(16)36)22-10-19(34)20(12-33)41-22/h7-9,11,14,19-20,22-23,33-34H,4,6,10,12-13H2,1-2H3,(H,30,36,37)/t19?,20-,22-,23+/m1/s1. The van der Waals surface area contributed by atoms with Crippen LogP contribution in [0.5, 0.6) is 0 Å². The van der Waals surface area contributed by atoms with Crippen molar-refractivity contribution in [3.8, 4) is 11.8 Å². The van der Waals surface area contributed by atoms with Crippen molar-refractivity contribution in [3.63, 3.8) is 0 Å². The molecule has 0 spiro atoms. The molecule has 1 aliphatic heterocycles. The highest BCUT2D eigenvalue weighted by Gasteiger charge is 2.37. The molecule has 3 rings (SSSR count). The normalized spacial score (nSPS) is 19.6. The summed E-state index contributed by atoms with van der Waals surface area (Å²) in [6, 6.07) is 3.95. The lowest BCUT2D eigenvalue weighted by Crippen LogP contribution is -2.34. The number of benzene rings is 1. The zero-order valence-corrected chi connectivity index (χ0v) is 22.0. The van der Waals surface area contributed by atoms with Gasteiger partial charge in [-0.2, -0.15) is 13.2 Å². The lowest BCUT2D eigenvalue weighted by molar-refractivity contribution is -0.386. The second kappa shape index (κ2) is 13.2. The summed E-state index contributed by atoms with van der Waals surface area (Å²) in [6.07, 6.45) is -8.75. The van der Waals surface area contributed by atoms with Crippen LogP contribution in [-0.4, -0.2) is 55.5 Å². The van der Waals surface area contributed by atoms with Crippen LogP contribution in [0.25, 0.3) is 0 Å². The van der Waals surface area contributed by atoms with Gasteiger partial charge in [0.25, 0.3) is 11.2 Å². The summed E-state index contributed by atoms with van der Waals surface area (Å²) in [5, 5.41) is 31.1. The summed E-state index contributed by atoms with van der Waals surface area (Å²) in [7, 11) is 0. The van der Waals surface area contributed by atoms with E-state index in [2.05, 4.69) is 16.8 Å². The third kappa shape index (κ3) is 7.88. The van der Waals surface area contributed by atoms with Crippen LogP contribution in [0, 0.1) is 27.9 Å². The summed E-state index contributed by atoms with van der Waals surface area (Å²) < 4.78 is 49.4. The highest BCUT2D eigenvalue weighted by atomic mass is 19.4. The van der Waals surface area contributed by atoms with E-state index in [0.29, 0.717) is 0 Å². The highest BCUT2D eigenvalue weighted by Crippen LogP contribution is 2.34. The van der Waals surface area contributed by atoms with Crippen LogP contribution >= 0.6 is 0 Å². The fourth-order valence-corrected chi connectivity index (χ4v) is 4.22. The van der Waals surface area contributed by atoms with Gasteiger partial charge in [0.05, 0.1) is 41.5 Å². The van der Waals surface area contributed by atoms with Gasteiger partial charge in [-0.25, -0.2) is 4.79 Å². The Labute approximate surface area is 230 Å². The zero-order chi connectivity index (χ0) is 30.5. The number of ketones is 1. The summed E-state index contributed by atoms with van der Waals surface area (Å²) in [5.41, 5.74) is -1.63. The molecule has 2 aromatic rings. The van der Waals surface area contributed by atoms with Crippen molar-refractivity contribution in [2.24, 2.45) is 5.92 Å². The maximum Gasteiger partial charge on any atom is 0.450 e. The van der Waals surface area contributed by atoms with Gasteiger partial charge in [-0.1, -0.05) is 25.7 Å². The van der Waals surface area contributed by atoms with E-state index in [4.69, 9.17) is 9.47 Å². The van der Waals surface area contributed by atoms with Crippen molar-refractivity contribution in [3.05, 3.63) is 72.0 Å². The van der Waals surface area contributed by atoms with E-state index in [1.807, 2.05) is 0 Å². The Hall–Kier alpha value is -3.84. The molecule has 1 unspecified atom stereocenters. The van der Waals surface area contributed by atoms with Gasteiger partial charge in [-0.05, 0) is 18.1 Å². The molecule has 2 heterocycles. The number of carbonyl (C=O) groups excluding carboxylic acids is 1. The summed E-state index contributed by atoms with van der Waals surface area (Å²) in [6.45, 7) is 2.63. The third-order valence-corrected chi connectivity index (χ3v) is 6.32. The number of aliphatic hydroxyl groups excluding tert-OH is 2. The third-order valence-electron chi connectivity index (χ3n) is 6.32. The number of H-pyrrole nitrogens is 1. The molecule has 1 aromatic heterocycles. The maximum absolute atomic E-state index is 12.5. The molecule has 41 heavy (non-hydrogen) atoms. The van der Waals surface area contributed by atoms with Crippen LogP contribution in [0.2, 0.25) is 0 Å². The first-order valence-corrected chi connectivity index (χ1v) is 12.5. The van der Waals surface area contributed by atoms with E-state index in [9.17, 15) is 47.9 Å². The number of nitro benzene ring substituents is 1. The van der Waals surface area contributed by atoms with Gasteiger partial charge in [0, 0.05) is 37.1 Å². The number of nitrogens with one attached hydrogen (secondary N) is 1. The molecule has 0 bridgehead atoms. The van der Waals surface area contributed by atoms with Gasteiger partial charge in [0.2, 0.25) is 5.78 Å². The Morgan fingerprint density at radius 3 is 2.63 bits per heavy atom. The maximum atomic E-state index is 12.5. The SMILES string of the molecule is CC(C)[C@H](OCc1cn([C@H]2CC(O)[C@@H](CO)O2)c(=O)[nH]c1=O)c1ccc(C#CCCC(=O)C(F)(F)F)cc1[N+](=O)[O-]. The average Bonchev–Trinajstić information content (AvgIpc) is 3.27. The molecule has 222 valence electrons. The lowest BCUT2D eigenvalue weighted by atomic mass is 9.96. The first-order valence-electron chi connectivity index (χ1n) is 12.5. The first kappa shape index (κ1) is 31.7. The number of Topliss-reactive ketones (excluding diaryl/α,β-unsaturated/α-hetero) is 1. The van der Waals surface area contributed by atoms with Crippen molar-refractivity contribution in [2.45, 2.75) is 70.4 Å². The molecule has 0 radical (unpaired) electrons. The van der Waals surface area contributed by atoms with Crippen molar-refractivity contribution in [1.29, 1.82) is 0 Å². The molecule has 15 heteroatoms. The number of carbonyl (C=O) groups is 1. The van der Waals surface area contributed by atoms with Gasteiger partial charge in [-0.3, -0.25) is 29.3 Å².